The molecule has 0 radical (unpaired) electrons. The molecule has 0 fully saturated rings. The zero-order valence-corrected chi connectivity index (χ0v) is 6.27. The molecule has 0 heterocycles. The Balaban J connectivity index is 3.99. The average molecular weight is 185 g/mol. The van der Waals surface area contributed by atoms with Crippen molar-refractivity contribution in [3.05, 3.63) is 0 Å². The fraction of sp³-hybridized carbons (Fsp3) is 0.667. The van der Waals surface area contributed by atoms with Crippen LogP contribution in [0, 0.1) is 0 Å². The van der Waals surface area contributed by atoms with Crippen molar-refractivity contribution in [3.8, 4) is 0 Å². The first-order chi connectivity index (χ1) is 4.87. The van der Waals surface area contributed by atoms with Gasteiger partial charge in [-0.05, 0) is 0 Å². The monoisotopic (exact) mass is 185 g/mol. The first kappa shape index (κ1) is 10.5. The fourth-order valence-electron chi connectivity index (χ4n) is 0.259. The van der Waals surface area contributed by atoms with E-state index in [2.05, 4.69) is 4.52 Å². The number of rotatable bonds is 3. The molecule has 0 spiro atoms. The first-order valence-corrected chi connectivity index (χ1v) is 4.05. The lowest BCUT2D eigenvalue weighted by Gasteiger charge is -2.08. The van der Waals surface area contributed by atoms with E-state index in [-0.39, 0.29) is 0 Å². The molecule has 0 aliphatic heterocycles. The highest BCUT2D eigenvalue weighted by Gasteiger charge is 2.24. The second-order valence-electron chi connectivity index (χ2n) is 1.69. The Morgan fingerprint density at radius 3 is 2.36 bits per heavy atom. The van der Waals surface area contributed by atoms with Crippen LogP contribution in [0.2, 0.25) is 0 Å². The fourth-order valence-corrected chi connectivity index (χ4v) is 0.629. The van der Waals surface area contributed by atoms with Crippen LogP contribution in [0.4, 0.5) is 0 Å². The maximum atomic E-state index is 10.4. The summed E-state index contributed by atoms with van der Waals surface area (Å²) in [7, 11) is -4.83. The topological polar surface area (TPSA) is 130 Å². The lowest BCUT2D eigenvalue weighted by molar-refractivity contribution is -0.138. The number of aliphatic hydroxyl groups excluding tert-OH is 1. The highest BCUT2D eigenvalue weighted by molar-refractivity contribution is 7.46. The summed E-state index contributed by atoms with van der Waals surface area (Å²) in [6, 6.07) is -1.41. The van der Waals surface area contributed by atoms with E-state index in [0.29, 0.717) is 0 Å². The maximum absolute atomic E-state index is 10.4. The third-order valence-corrected chi connectivity index (χ3v) is 1.13. The number of nitrogens with two attached hydrogens (primary N) is 1. The normalized spacial score (nSPS) is 14.2. The van der Waals surface area contributed by atoms with Crippen molar-refractivity contribution >= 4 is 13.8 Å². The van der Waals surface area contributed by atoms with E-state index < -0.39 is 26.4 Å². The predicted molar refractivity (Wildman–Crippen MR) is 33.2 cm³/mol. The summed E-state index contributed by atoms with van der Waals surface area (Å²) in [5.74, 6) is -1.33. The van der Waals surface area contributed by atoms with Crippen molar-refractivity contribution in [1.29, 1.82) is 0 Å². The van der Waals surface area contributed by atoms with Crippen LogP contribution in [0.5, 0.6) is 0 Å². The van der Waals surface area contributed by atoms with Gasteiger partial charge in [-0.15, -0.1) is 0 Å². The Kier molecular flexibility index (Phi) is 3.64. The van der Waals surface area contributed by atoms with Gasteiger partial charge >= 0.3 is 13.8 Å². The van der Waals surface area contributed by atoms with Crippen LogP contribution in [-0.4, -0.2) is 33.5 Å². The van der Waals surface area contributed by atoms with Gasteiger partial charge in [-0.1, -0.05) is 0 Å². The lowest BCUT2D eigenvalue weighted by Crippen LogP contribution is -2.34. The molecule has 66 valence electrons. The van der Waals surface area contributed by atoms with Crippen molar-refractivity contribution < 1.29 is 28.8 Å². The van der Waals surface area contributed by atoms with Crippen LogP contribution in [0.15, 0.2) is 0 Å². The van der Waals surface area contributed by atoms with E-state index in [9.17, 15) is 9.36 Å². The number of aliphatic hydroxyl groups is 1. The van der Waals surface area contributed by atoms with Crippen LogP contribution >= 0.6 is 7.82 Å². The molecule has 0 aromatic heterocycles. The molecule has 0 saturated heterocycles. The van der Waals surface area contributed by atoms with E-state index >= 15 is 0 Å². The second-order valence-corrected chi connectivity index (χ2v) is 2.85. The van der Waals surface area contributed by atoms with E-state index in [1.54, 1.807) is 0 Å². The van der Waals surface area contributed by atoms with Gasteiger partial charge in [0.2, 0.25) is 0 Å². The van der Waals surface area contributed by atoms with Gasteiger partial charge in [-0.25, -0.2) is 9.36 Å². The Labute approximate surface area is 62.0 Å². The van der Waals surface area contributed by atoms with Crippen molar-refractivity contribution in [2.45, 2.75) is 6.04 Å². The smallest absolute Gasteiger partial charge is 0.394 e. The predicted octanol–water partition coefficient (Wildman–Crippen LogP) is -2.06. The number of carbonyl (C=O) groups is 1. The van der Waals surface area contributed by atoms with Gasteiger partial charge in [0.1, 0.15) is 6.04 Å². The standard InChI is InChI=1S/C3H8NO6P/c4-2(1-5)3(6)10-11(7,8)9/h2,5H,1,4H2,(H2,7,8,9). The molecule has 5 N–H and O–H groups in total. The van der Waals surface area contributed by atoms with Gasteiger partial charge in [0.05, 0.1) is 6.61 Å². The van der Waals surface area contributed by atoms with Crippen molar-refractivity contribution in [2.24, 2.45) is 5.73 Å². The van der Waals surface area contributed by atoms with Gasteiger partial charge in [-0.2, -0.15) is 0 Å². The minimum atomic E-state index is -4.83. The van der Waals surface area contributed by atoms with E-state index in [1.165, 1.54) is 0 Å². The zero-order valence-electron chi connectivity index (χ0n) is 5.38. The molecule has 0 amide bonds. The SMILES string of the molecule is NC(CO)C(=O)OP(=O)(O)O. The van der Waals surface area contributed by atoms with Gasteiger partial charge in [0.25, 0.3) is 0 Å². The van der Waals surface area contributed by atoms with Gasteiger partial charge in [0, 0.05) is 0 Å². The molecule has 0 bridgehead atoms. The van der Waals surface area contributed by atoms with Gasteiger partial charge < -0.3 is 15.4 Å². The average Bonchev–Trinajstić information content (AvgIpc) is 1.82. The van der Waals surface area contributed by atoms with Gasteiger partial charge in [-0.3, -0.25) is 9.79 Å². The molecular formula is C3H8NO6P. The van der Waals surface area contributed by atoms with Gasteiger partial charge in [0.15, 0.2) is 0 Å². The quantitative estimate of drug-likeness (QED) is 0.372. The van der Waals surface area contributed by atoms with Crippen LogP contribution in [0.3, 0.4) is 0 Å². The van der Waals surface area contributed by atoms with E-state index in [0.717, 1.165) is 0 Å². The summed E-state index contributed by atoms with van der Waals surface area (Å²) in [5.41, 5.74) is 4.86. The minimum absolute atomic E-state index is 0.723. The number of hydrogen-bond donors (Lipinski definition) is 4. The highest BCUT2D eigenvalue weighted by Crippen LogP contribution is 2.35. The Morgan fingerprint density at radius 1 is 1.64 bits per heavy atom. The van der Waals surface area contributed by atoms with E-state index in [4.69, 9.17) is 20.6 Å². The van der Waals surface area contributed by atoms with Crippen molar-refractivity contribution in [2.75, 3.05) is 6.61 Å². The molecule has 1 atom stereocenters. The summed E-state index contributed by atoms with van der Waals surface area (Å²) in [4.78, 5) is 26.5. The molecule has 0 rings (SSSR count). The summed E-state index contributed by atoms with van der Waals surface area (Å²) in [6.45, 7) is -0.723. The molecule has 0 aromatic carbocycles. The molecule has 0 aliphatic carbocycles. The molecule has 1 unspecified atom stereocenters. The molecule has 7 nitrogen and oxygen atoms in total. The van der Waals surface area contributed by atoms with Crippen molar-refractivity contribution in [1.82, 2.24) is 0 Å². The summed E-state index contributed by atoms with van der Waals surface area (Å²) >= 11 is 0. The second kappa shape index (κ2) is 3.80. The molecular weight excluding hydrogens is 177 g/mol. The lowest BCUT2D eigenvalue weighted by atomic mass is 10.3. The molecule has 8 heteroatoms. The Bertz CT molecular complexity index is 186. The Morgan fingerprint density at radius 2 is 2.09 bits per heavy atom. The Hall–Kier alpha value is -0.460. The third-order valence-electron chi connectivity index (χ3n) is 0.708. The number of phosphoric acid groups is 1. The number of phosphoric ester groups is 1. The number of carbonyl (C=O) groups excluding carboxylic acids is 1. The van der Waals surface area contributed by atoms with E-state index in [1.807, 2.05) is 0 Å². The number of hydrogen-bond acceptors (Lipinski definition) is 5. The summed E-state index contributed by atoms with van der Waals surface area (Å²) in [6.07, 6.45) is 0. The van der Waals surface area contributed by atoms with Crippen LogP contribution in [0.25, 0.3) is 0 Å². The largest absolute Gasteiger partial charge is 0.527 e. The summed E-state index contributed by atoms with van der Waals surface area (Å²) in [5, 5.41) is 8.22. The molecule has 0 aromatic rings. The highest BCUT2D eigenvalue weighted by atomic mass is 31.2. The van der Waals surface area contributed by atoms with Crippen molar-refractivity contribution in [3.63, 3.8) is 0 Å². The zero-order chi connectivity index (χ0) is 9.07. The van der Waals surface area contributed by atoms with Crippen LogP contribution in [-0.2, 0) is 13.9 Å². The molecule has 0 aliphatic rings. The molecule has 0 saturated carbocycles. The minimum Gasteiger partial charge on any atom is -0.394 e. The summed E-state index contributed by atoms with van der Waals surface area (Å²) < 4.78 is 13.5. The maximum Gasteiger partial charge on any atom is 0.527 e. The van der Waals surface area contributed by atoms with Crippen LogP contribution < -0.4 is 5.73 Å². The third kappa shape index (κ3) is 4.88. The molecule has 11 heavy (non-hydrogen) atoms. The first-order valence-electron chi connectivity index (χ1n) is 2.52. The van der Waals surface area contributed by atoms with Crippen LogP contribution in [0.1, 0.15) is 0 Å².